The van der Waals surface area contributed by atoms with E-state index in [0.717, 1.165) is 28.3 Å². The maximum atomic E-state index is 13.3. The first-order chi connectivity index (χ1) is 9.19. The molecule has 1 aromatic carbocycles. The van der Waals surface area contributed by atoms with Crippen molar-refractivity contribution in [1.82, 2.24) is 14.4 Å². The zero-order valence-electron chi connectivity index (χ0n) is 10.5. The van der Waals surface area contributed by atoms with E-state index in [1.807, 2.05) is 23.6 Å². The molecule has 4 nitrogen and oxygen atoms in total. The summed E-state index contributed by atoms with van der Waals surface area (Å²) < 4.78 is 15.2. The molecular weight excluding hydrogens is 243 g/mol. The second-order valence-corrected chi connectivity index (χ2v) is 4.36. The van der Waals surface area contributed by atoms with Gasteiger partial charge >= 0.3 is 0 Å². The molecule has 0 amide bonds. The summed E-state index contributed by atoms with van der Waals surface area (Å²) in [5.74, 6) is 0.546. The van der Waals surface area contributed by atoms with E-state index in [1.165, 1.54) is 12.1 Å². The van der Waals surface area contributed by atoms with E-state index in [9.17, 15) is 4.39 Å². The highest BCUT2D eigenvalue weighted by Crippen LogP contribution is 2.24. The third kappa shape index (κ3) is 1.98. The van der Waals surface area contributed by atoms with Crippen LogP contribution >= 0.6 is 0 Å². The molecule has 0 aliphatic carbocycles. The molecular formula is C14H13FN4. The molecule has 0 bridgehead atoms. The van der Waals surface area contributed by atoms with E-state index in [2.05, 4.69) is 9.97 Å². The molecule has 0 unspecified atom stereocenters. The first kappa shape index (κ1) is 11.8. The molecule has 0 aliphatic heterocycles. The number of hydrogen-bond acceptors (Lipinski definition) is 3. The van der Waals surface area contributed by atoms with Crippen LogP contribution in [0.3, 0.4) is 0 Å². The van der Waals surface area contributed by atoms with Gasteiger partial charge in [-0.2, -0.15) is 0 Å². The fourth-order valence-corrected chi connectivity index (χ4v) is 2.10. The Morgan fingerprint density at radius 3 is 2.95 bits per heavy atom. The SMILES string of the molecule is Cc1ncc(-c2cccc(F)c2)c2nc(CN)cn12. The summed E-state index contributed by atoms with van der Waals surface area (Å²) in [7, 11) is 0. The average molecular weight is 256 g/mol. The van der Waals surface area contributed by atoms with Gasteiger partial charge in [0.25, 0.3) is 0 Å². The topological polar surface area (TPSA) is 56.2 Å². The van der Waals surface area contributed by atoms with Gasteiger partial charge in [-0.05, 0) is 24.6 Å². The highest BCUT2D eigenvalue weighted by atomic mass is 19.1. The van der Waals surface area contributed by atoms with E-state index in [-0.39, 0.29) is 5.82 Å². The van der Waals surface area contributed by atoms with Crippen molar-refractivity contribution in [3.8, 4) is 11.1 Å². The number of imidazole rings is 1. The zero-order valence-corrected chi connectivity index (χ0v) is 10.5. The predicted octanol–water partition coefficient (Wildman–Crippen LogP) is 2.30. The van der Waals surface area contributed by atoms with Crippen molar-refractivity contribution in [2.75, 3.05) is 0 Å². The largest absolute Gasteiger partial charge is 0.325 e. The van der Waals surface area contributed by atoms with Crippen LogP contribution in [-0.4, -0.2) is 14.4 Å². The van der Waals surface area contributed by atoms with Gasteiger partial charge in [0.1, 0.15) is 17.3 Å². The van der Waals surface area contributed by atoms with E-state index in [4.69, 9.17) is 5.73 Å². The number of aromatic nitrogens is 3. The van der Waals surface area contributed by atoms with Gasteiger partial charge in [0.05, 0.1) is 5.69 Å². The van der Waals surface area contributed by atoms with Gasteiger partial charge < -0.3 is 5.73 Å². The van der Waals surface area contributed by atoms with Crippen molar-refractivity contribution in [3.63, 3.8) is 0 Å². The molecule has 0 spiro atoms. The quantitative estimate of drug-likeness (QED) is 0.765. The van der Waals surface area contributed by atoms with Crippen LogP contribution < -0.4 is 5.73 Å². The van der Waals surface area contributed by atoms with Crippen LogP contribution in [0.25, 0.3) is 16.8 Å². The summed E-state index contributed by atoms with van der Waals surface area (Å²) >= 11 is 0. The van der Waals surface area contributed by atoms with E-state index in [1.54, 1.807) is 12.3 Å². The van der Waals surface area contributed by atoms with Gasteiger partial charge in [0, 0.05) is 24.5 Å². The van der Waals surface area contributed by atoms with Gasteiger partial charge in [0.15, 0.2) is 0 Å². The van der Waals surface area contributed by atoms with Crippen LogP contribution in [0.2, 0.25) is 0 Å². The molecule has 0 saturated heterocycles. The summed E-state index contributed by atoms with van der Waals surface area (Å²) in [5.41, 5.74) is 8.71. The number of aryl methyl sites for hydroxylation is 1. The van der Waals surface area contributed by atoms with E-state index >= 15 is 0 Å². The first-order valence-corrected chi connectivity index (χ1v) is 5.98. The molecule has 2 aromatic heterocycles. The number of fused-ring (bicyclic) bond motifs is 1. The standard InChI is InChI=1S/C14H13FN4/c1-9-17-7-13(10-3-2-4-11(15)5-10)14-18-12(6-16)8-19(9)14/h2-5,7-8H,6,16H2,1H3. The summed E-state index contributed by atoms with van der Waals surface area (Å²) in [6, 6.07) is 6.41. The Bertz CT molecular complexity index is 748. The van der Waals surface area contributed by atoms with Crippen LogP contribution in [0.1, 0.15) is 11.5 Å². The molecule has 96 valence electrons. The normalized spacial score (nSPS) is 11.1. The number of hydrogen-bond donors (Lipinski definition) is 1. The number of benzene rings is 1. The highest BCUT2D eigenvalue weighted by molar-refractivity contribution is 5.77. The molecule has 19 heavy (non-hydrogen) atoms. The summed E-state index contributed by atoms with van der Waals surface area (Å²) in [6.45, 7) is 2.26. The number of rotatable bonds is 2. The fourth-order valence-electron chi connectivity index (χ4n) is 2.10. The summed E-state index contributed by atoms with van der Waals surface area (Å²) in [6.07, 6.45) is 3.58. The summed E-state index contributed by atoms with van der Waals surface area (Å²) in [4.78, 5) is 8.79. The van der Waals surface area contributed by atoms with Crippen molar-refractivity contribution in [2.45, 2.75) is 13.5 Å². The predicted molar refractivity (Wildman–Crippen MR) is 71.0 cm³/mol. The average Bonchev–Trinajstić information content (AvgIpc) is 2.84. The molecule has 0 radical (unpaired) electrons. The number of nitrogens with two attached hydrogens (primary N) is 1. The van der Waals surface area contributed by atoms with Crippen molar-refractivity contribution in [2.24, 2.45) is 5.73 Å². The third-order valence-electron chi connectivity index (χ3n) is 3.07. The minimum atomic E-state index is -0.276. The fraction of sp³-hybridized carbons (Fsp3) is 0.143. The van der Waals surface area contributed by atoms with Crippen LogP contribution in [0.15, 0.2) is 36.7 Å². The molecule has 2 heterocycles. The van der Waals surface area contributed by atoms with Gasteiger partial charge in [0.2, 0.25) is 0 Å². The van der Waals surface area contributed by atoms with E-state index < -0.39 is 0 Å². The number of nitrogens with zero attached hydrogens (tertiary/aromatic N) is 3. The first-order valence-electron chi connectivity index (χ1n) is 5.98. The second-order valence-electron chi connectivity index (χ2n) is 4.36. The molecule has 2 N–H and O–H groups in total. The molecule has 5 heteroatoms. The van der Waals surface area contributed by atoms with E-state index in [0.29, 0.717) is 6.54 Å². The van der Waals surface area contributed by atoms with Crippen molar-refractivity contribution in [1.29, 1.82) is 0 Å². The molecule has 0 aliphatic rings. The molecule has 3 rings (SSSR count). The Labute approximate surface area is 109 Å². The monoisotopic (exact) mass is 256 g/mol. The number of halogens is 1. The highest BCUT2D eigenvalue weighted by Gasteiger charge is 2.10. The van der Waals surface area contributed by atoms with Crippen molar-refractivity contribution < 1.29 is 4.39 Å². The maximum Gasteiger partial charge on any atom is 0.147 e. The van der Waals surface area contributed by atoms with Gasteiger partial charge in [-0.3, -0.25) is 4.40 Å². The lowest BCUT2D eigenvalue weighted by atomic mass is 10.1. The van der Waals surface area contributed by atoms with Gasteiger partial charge in [-0.25, -0.2) is 14.4 Å². The zero-order chi connectivity index (χ0) is 13.4. The third-order valence-corrected chi connectivity index (χ3v) is 3.07. The van der Waals surface area contributed by atoms with Crippen molar-refractivity contribution >= 4 is 5.65 Å². The Kier molecular flexibility index (Phi) is 2.76. The van der Waals surface area contributed by atoms with Crippen LogP contribution in [-0.2, 0) is 6.54 Å². The summed E-state index contributed by atoms with van der Waals surface area (Å²) in [5, 5.41) is 0. The Balaban J connectivity index is 2.29. The Hall–Kier alpha value is -2.27. The minimum Gasteiger partial charge on any atom is -0.325 e. The minimum absolute atomic E-state index is 0.276. The lowest BCUT2D eigenvalue weighted by Gasteiger charge is -2.05. The van der Waals surface area contributed by atoms with Crippen LogP contribution in [0.5, 0.6) is 0 Å². The Morgan fingerprint density at radius 2 is 2.21 bits per heavy atom. The van der Waals surface area contributed by atoms with Gasteiger partial charge in [-0.1, -0.05) is 12.1 Å². The van der Waals surface area contributed by atoms with Crippen molar-refractivity contribution in [3.05, 3.63) is 54.0 Å². The smallest absolute Gasteiger partial charge is 0.147 e. The molecule has 0 atom stereocenters. The lowest BCUT2D eigenvalue weighted by Crippen LogP contribution is -1.96. The maximum absolute atomic E-state index is 13.3. The van der Waals surface area contributed by atoms with Crippen LogP contribution in [0, 0.1) is 12.7 Å². The van der Waals surface area contributed by atoms with Crippen LogP contribution in [0.4, 0.5) is 4.39 Å². The lowest BCUT2D eigenvalue weighted by molar-refractivity contribution is 0.628. The second kappa shape index (κ2) is 4.44. The van der Waals surface area contributed by atoms with Gasteiger partial charge in [-0.15, -0.1) is 0 Å². The Morgan fingerprint density at radius 1 is 1.37 bits per heavy atom. The molecule has 0 fully saturated rings. The molecule has 0 saturated carbocycles. The molecule has 3 aromatic rings.